The van der Waals surface area contributed by atoms with E-state index >= 15 is 0 Å². The summed E-state index contributed by atoms with van der Waals surface area (Å²) in [6.45, 7) is 2.49. The Kier molecular flexibility index (Phi) is 5.44. The van der Waals surface area contributed by atoms with Gasteiger partial charge in [-0.2, -0.15) is 0 Å². The minimum Gasteiger partial charge on any atom is -0.356 e. The van der Waals surface area contributed by atoms with Gasteiger partial charge >= 0.3 is 0 Å². The van der Waals surface area contributed by atoms with Crippen molar-refractivity contribution < 1.29 is 4.79 Å². The molecular formula is C15H21ClN4O. The fraction of sp³-hybridized carbons (Fsp3) is 0.467. The van der Waals surface area contributed by atoms with Crippen LogP contribution in [0.2, 0.25) is 5.02 Å². The fourth-order valence-electron chi connectivity index (χ4n) is 1.84. The van der Waals surface area contributed by atoms with Crippen LogP contribution in [-0.2, 0) is 4.79 Å². The number of hydrogen-bond acceptors (Lipinski definition) is 2. The Hall–Kier alpha value is -1.75. The average Bonchev–Trinajstić information content (AvgIpc) is 3.25. The lowest BCUT2D eigenvalue weighted by molar-refractivity contribution is -0.116. The number of aliphatic imine (C=N–C) groups is 1. The van der Waals surface area contributed by atoms with E-state index in [1.54, 1.807) is 7.05 Å². The predicted octanol–water partition coefficient (Wildman–Crippen LogP) is 2.30. The topological polar surface area (TPSA) is 65.5 Å². The number of amides is 1. The highest BCUT2D eigenvalue weighted by Crippen LogP contribution is 2.22. The van der Waals surface area contributed by atoms with Crippen LogP contribution >= 0.6 is 11.6 Å². The molecule has 1 aliphatic rings. The molecule has 2 rings (SSSR count). The van der Waals surface area contributed by atoms with Gasteiger partial charge in [-0.1, -0.05) is 17.7 Å². The second-order valence-electron chi connectivity index (χ2n) is 5.20. The minimum atomic E-state index is -0.0740. The zero-order valence-corrected chi connectivity index (χ0v) is 13.1. The Morgan fingerprint density at radius 2 is 2.19 bits per heavy atom. The lowest BCUT2D eigenvalue weighted by Gasteiger charge is -2.11. The van der Waals surface area contributed by atoms with Crippen molar-refractivity contribution in [3.63, 3.8) is 0 Å². The van der Waals surface area contributed by atoms with Gasteiger partial charge in [0.25, 0.3) is 0 Å². The largest absolute Gasteiger partial charge is 0.356 e. The molecule has 0 aromatic heterocycles. The quantitative estimate of drug-likeness (QED) is 0.577. The number of benzene rings is 1. The molecule has 0 saturated heterocycles. The highest BCUT2D eigenvalue weighted by molar-refractivity contribution is 6.33. The van der Waals surface area contributed by atoms with Gasteiger partial charge in [-0.3, -0.25) is 9.79 Å². The molecule has 1 aliphatic carbocycles. The van der Waals surface area contributed by atoms with Crippen LogP contribution in [0, 0.1) is 6.92 Å². The summed E-state index contributed by atoms with van der Waals surface area (Å²) in [7, 11) is 1.73. The summed E-state index contributed by atoms with van der Waals surface area (Å²) in [6.07, 6.45) is 2.73. The average molecular weight is 309 g/mol. The first-order valence-electron chi connectivity index (χ1n) is 7.11. The highest BCUT2D eigenvalue weighted by atomic mass is 35.5. The molecule has 1 fully saturated rings. The van der Waals surface area contributed by atoms with Gasteiger partial charge in [-0.25, -0.2) is 0 Å². The number of aryl methyl sites for hydroxylation is 1. The van der Waals surface area contributed by atoms with Crippen molar-refractivity contribution in [2.75, 3.05) is 18.9 Å². The molecule has 1 aromatic rings. The number of carbonyl (C=O) groups excluding carboxylic acids is 1. The fourth-order valence-corrected chi connectivity index (χ4v) is 2.13. The number of nitrogens with one attached hydrogen (secondary N) is 3. The van der Waals surface area contributed by atoms with Crippen LogP contribution in [0.4, 0.5) is 5.69 Å². The number of rotatable bonds is 5. The van der Waals surface area contributed by atoms with Gasteiger partial charge in [0.15, 0.2) is 5.96 Å². The number of anilines is 1. The Bertz CT molecular complexity index is 540. The molecule has 0 bridgehead atoms. The monoisotopic (exact) mass is 308 g/mol. The molecule has 0 aliphatic heterocycles. The van der Waals surface area contributed by atoms with Crippen molar-refractivity contribution in [3.05, 3.63) is 28.8 Å². The van der Waals surface area contributed by atoms with E-state index in [4.69, 9.17) is 11.6 Å². The molecule has 6 heteroatoms. The number of nitrogens with zero attached hydrogens (tertiary/aromatic N) is 1. The normalized spacial score (nSPS) is 14.7. The molecule has 1 aromatic carbocycles. The van der Waals surface area contributed by atoms with E-state index in [-0.39, 0.29) is 5.91 Å². The van der Waals surface area contributed by atoms with Crippen LogP contribution in [0.5, 0.6) is 0 Å². The summed E-state index contributed by atoms with van der Waals surface area (Å²) in [4.78, 5) is 16.0. The van der Waals surface area contributed by atoms with E-state index in [0.29, 0.717) is 29.7 Å². The van der Waals surface area contributed by atoms with E-state index in [1.807, 2.05) is 25.1 Å². The molecule has 114 valence electrons. The van der Waals surface area contributed by atoms with E-state index in [2.05, 4.69) is 20.9 Å². The lowest BCUT2D eigenvalue weighted by atomic mass is 10.2. The molecule has 21 heavy (non-hydrogen) atoms. The maximum Gasteiger partial charge on any atom is 0.226 e. The zero-order valence-electron chi connectivity index (χ0n) is 12.4. The van der Waals surface area contributed by atoms with Crippen LogP contribution < -0.4 is 16.0 Å². The van der Waals surface area contributed by atoms with Crippen molar-refractivity contribution in [1.82, 2.24) is 10.6 Å². The van der Waals surface area contributed by atoms with Gasteiger partial charge in [0, 0.05) is 26.1 Å². The van der Waals surface area contributed by atoms with Crippen molar-refractivity contribution in [3.8, 4) is 0 Å². The minimum absolute atomic E-state index is 0.0740. The van der Waals surface area contributed by atoms with Crippen LogP contribution in [0.3, 0.4) is 0 Å². The van der Waals surface area contributed by atoms with E-state index in [1.165, 1.54) is 12.8 Å². The van der Waals surface area contributed by atoms with E-state index in [9.17, 15) is 4.79 Å². The van der Waals surface area contributed by atoms with Gasteiger partial charge in [0.1, 0.15) is 0 Å². The van der Waals surface area contributed by atoms with Gasteiger partial charge in [0.2, 0.25) is 5.91 Å². The molecule has 5 nitrogen and oxygen atoms in total. The molecule has 1 amide bonds. The Labute approximate surface area is 130 Å². The van der Waals surface area contributed by atoms with Crippen molar-refractivity contribution in [2.45, 2.75) is 32.2 Å². The number of carbonyl (C=O) groups is 1. The molecule has 0 atom stereocenters. The van der Waals surface area contributed by atoms with Crippen LogP contribution in [-0.4, -0.2) is 31.5 Å². The van der Waals surface area contributed by atoms with Crippen LogP contribution in [0.1, 0.15) is 24.8 Å². The molecule has 0 spiro atoms. The van der Waals surface area contributed by atoms with Crippen molar-refractivity contribution >= 4 is 29.2 Å². The molecule has 0 unspecified atom stereocenters. The van der Waals surface area contributed by atoms with Crippen molar-refractivity contribution in [2.24, 2.45) is 4.99 Å². The smallest absolute Gasteiger partial charge is 0.226 e. The summed E-state index contributed by atoms with van der Waals surface area (Å²) >= 11 is 6.09. The third kappa shape index (κ3) is 5.27. The summed E-state index contributed by atoms with van der Waals surface area (Å²) < 4.78 is 0. The van der Waals surface area contributed by atoms with Crippen molar-refractivity contribution in [1.29, 1.82) is 0 Å². The second-order valence-corrected chi connectivity index (χ2v) is 5.61. The predicted molar refractivity (Wildman–Crippen MR) is 87.0 cm³/mol. The SMILES string of the molecule is CN=C(NCCC(=O)Nc1ccc(C)cc1Cl)NC1CC1. The summed E-state index contributed by atoms with van der Waals surface area (Å²) in [5.41, 5.74) is 1.71. The summed E-state index contributed by atoms with van der Waals surface area (Å²) in [5.74, 6) is 0.675. The third-order valence-electron chi connectivity index (χ3n) is 3.18. The first-order chi connectivity index (χ1) is 10.1. The number of hydrogen-bond donors (Lipinski definition) is 3. The Morgan fingerprint density at radius 3 is 2.81 bits per heavy atom. The number of guanidine groups is 1. The number of halogens is 1. The molecule has 0 heterocycles. The maximum absolute atomic E-state index is 11.9. The zero-order chi connectivity index (χ0) is 15.2. The maximum atomic E-state index is 11.9. The lowest BCUT2D eigenvalue weighted by Crippen LogP contribution is -2.39. The summed E-state index contributed by atoms with van der Waals surface area (Å²) in [5, 5.41) is 9.76. The first kappa shape index (κ1) is 15.6. The molecule has 0 radical (unpaired) electrons. The van der Waals surface area contributed by atoms with E-state index < -0.39 is 0 Å². The summed E-state index contributed by atoms with van der Waals surface area (Å²) in [6, 6.07) is 6.10. The van der Waals surface area contributed by atoms with Gasteiger partial charge in [-0.05, 0) is 37.5 Å². The highest BCUT2D eigenvalue weighted by Gasteiger charge is 2.22. The van der Waals surface area contributed by atoms with Gasteiger partial charge < -0.3 is 16.0 Å². The van der Waals surface area contributed by atoms with Gasteiger partial charge in [-0.15, -0.1) is 0 Å². The molecule has 3 N–H and O–H groups in total. The molecular weight excluding hydrogens is 288 g/mol. The second kappa shape index (κ2) is 7.31. The Morgan fingerprint density at radius 1 is 1.43 bits per heavy atom. The first-order valence-corrected chi connectivity index (χ1v) is 7.49. The Balaban J connectivity index is 1.73. The van der Waals surface area contributed by atoms with E-state index in [0.717, 1.165) is 11.5 Å². The third-order valence-corrected chi connectivity index (χ3v) is 3.50. The van der Waals surface area contributed by atoms with Crippen LogP contribution in [0.25, 0.3) is 0 Å². The van der Waals surface area contributed by atoms with Crippen LogP contribution in [0.15, 0.2) is 23.2 Å². The van der Waals surface area contributed by atoms with Gasteiger partial charge in [0.05, 0.1) is 10.7 Å². The molecule has 1 saturated carbocycles. The standard InChI is InChI=1S/C15H21ClN4O/c1-10-3-6-13(12(16)9-10)20-14(21)7-8-18-15(17-2)19-11-4-5-11/h3,6,9,11H,4-5,7-8H2,1-2H3,(H,20,21)(H2,17,18,19).